The molecular weight excluding hydrogens is 174 g/mol. The molecule has 1 unspecified atom stereocenters. The second-order valence-corrected chi connectivity index (χ2v) is 3.43. The van der Waals surface area contributed by atoms with Gasteiger partial charge in [-0.1, -0.05) is 6.08 Å². The van der Waals surface area contributed by atoms with Gasteiger partial charge < -0.3 is 0 Å². The second-order valence-electron chi connectivity index (χ2n) is 3.43. The Kier molecular flexibility index (Phi) is 3.80. The molecule has 76 valence electrons. The topological polar surface area (TPSA) is 50.9 Å². The molecule has 1 atom stereocenters. The maximum atomic E-state index is 5.47. The summed E-state index contributed by atoms with van der Waals surface area (Å²) in [5.41, 5.74) is 5.97. The van der Waals surface area contributed by atoms with Crippen molar-refractivity contribution in [2.75, 3.05) is 0 Å². The van der Waals surface area contributed by atoms with E-state index in [1.165, 1.54) is 0 Å². The van der Waals surface area contributed by atoms with Crippen LogP contribution in [0.25, 0.3) is 0 Å². The average Bonchev–Trinajstić information content (AvgIpc) is 2.12. The van der Waals surface area contributed by atoms with Crippen molar-refractivity contribution < 1.29 is 0 Å². The highest BCUT2D eigenvalue weighted by molar-refractivity contribution is 5.23. The summed E-state index contributed by atoms with van der Waals surface area (Å²) >= 11 is 0. The number of hydrogen-bond donors (Lipinski definition) is 2. The van der Waals surface area contributed by atoms with Crippen LogP contribution in [0.5, 0.6) is 0 Å². The fourth-order valence-electron chi connectivity index (χ4n) is 1.53. The Bertz CT molecular complexity index is 300. The van der Waals surface area contributed by atoms with E-state index in [1.807, 2.05) is 32.1 Å². The van der Waals surface area contributed by atoms with Crippen LogP contribution < -0.4 is 11.3 Å². The van der Waals surface area contributed by atoms with Crippen molar-refractivity contribution in [2.24, 2.45) is 5.84 Å². The van der Waals surface area contributed by atoms with Gasteiger partial charge in [-0.05, 0) is 38.0 Å². The van der Waals surface area contributed by atoms with E-state index in [9.17, 15) is 0 Å². The highest BCUT2D eigenvalue weighted by Crippen LogP contribution is 2.17. The first-order chi connectivity index (χ1) is 6.67. The van der Waals surface area contributed by atoms with Crippen LogP contribution in [0, 0.1) is 13.8 Å². The lowest BCUT2D eigenvalue weighted by Crippen LogP contribution is -2.27. The Labute approximate surface area is 85.0 Å². The molecule has 0 saturated carbocycles. The van der Waals surface area contributed by atoms with E-state index < -0.39 is 0 Å². The minimum Gasteiger partial charge on any atom is -0.271 e. The van der Waals surface area contributed by atoms with E-state index in [-0.39, 0.29) is 6.04 Å². The SMILES string of the molecule is C=CCC(NN)c1cc(C)nc(C)c1. The van der Waals surface area contributed by atoms with Gasteiger partial charge in [0.25, 0.3) is 0 Å². The van der Waals surface area contributed by atoms with Gasteiger partial charge in [0.1, 0.15) is 0 Å². The lowest BCUT2D eigenvalue weighted by molar-refractivity contribution is 0.560. The highest BCUT2D eigenvalue weighted by Gasteiger charge is 2.08. The normalized spacial score (nSPS) is 12.5. The van der Waals surface area contributed by atoms with Crippen LogP contribution in [0.15, 0.2) is 24.8 Å². The van der Waals surface area contributed by atoms with Crippen molar-refractivity contribution >= 4 is 0 Å². The predicted octanol–water partition coefficient (Wildman–Crippen LogP) is 1.78. The van der Waals surface area contributed by atoms with Gasteiger partial charge in [0, 0.05) is 17.4 Å². The van der Waals surface area contributed by atoms with Gasteiger partial charge in [-0.2, -0.15) is 0 Å². The standard InChI is InChI=1S/C11H17N3/c1-4-5-11(14-12)10-6-8(2)13-9(3)7-10/h4,6-7,11,14H,1,5,12H2,2-3H3. The molecule has 0 aromatic carbocycles. The Balaban J connectivity index is 2.96. The predicted molar refractivity (Wildman–Crippen MR) is 58.6 cm³/mol. The molecule has 0 aliphatic carbocycles. The number of hydrazine groups is 1. The molecule has 0 aliphatic rings. The molecule has 0 aliphatic heterocycles. The molecule has 0 radical (unpaired) electrons. The first-order valence-corrected chi connectivity index (χ1v) is 4.69. The Morgan fingerprint density at radius 3 is 2.50 bits per heavy atom. The number of nitrogens with two attached hydrogens (primary N) is 1. The van der Waals surface area contributed by atoms with Crippen molar-refractivity contribution in [3.63, 3.8) is 0 Å². The lowest BCUT2D eigenvalue weighted by atomic mass is 10.0. The van der Waals surface area contributed by atoms with Crippen molar-refractivity contribution in [1.82, 2.24) is 10.4 Å². The maximum Gasteiger partial charge on any atom is 0.0495 e. The number of nitrogens with one attached hydrogen (secondary N) is 1. The summed E-state index contributed by atoms with van der Waals surface area (Å²) in [6, 6.07) is 4.22. The number of aromatic nitrogens is 1. The first kappa shape index (κ1) is 10.9. The minimum atomic E-state index is 0.132. The Morgan fingerprint density at radius 2 is 2.07 bits per heavy atom. The highest BCUT2D eigenvalue weighted by atomic mass is 15.2. The van der Waals surface area contributed by atoms with E-state index >= 15 is 0 Å². The van der Waals surface area contributed by atoms with Gasteiger partial charge in [0.2, 0.25) is 0 Å². The summed E-state index contributed by atoms with van der Waals surface area (Å²) in [6.45, 7) is 7.68. The van der Waals surface area contributed by atoms with Gasteiger partial charge in [0.05, 0.1) is 0 Å². The van der Waals surface area contributed by atoms with Gasteiger partial charge in [0.15, 0.2) is 0 Å². The Hall–Kier alpha value is -1.19. The monoisotopic (exact) mass is 191 g/mol. The van der Waals surface area contributed by atoms with Crippen molar-refractivity contribution in [1.29, 1.82) is 0 Å². The average molecular weight is 191 g/mol. The summed E-state index contributed by atoms with van der Waals surface area (Å²) in [5, 5.41) is 0. The van der Waals surface area contributed by atoms with Crippen molar-refractivity contribution in [2.45, 2.75) is 26.3 Å². The second kappa shape index (κ2) is 4.88. The van der Waals surface area contributed by atoms with Crippen LogP contribution in [0.3, 0.4) is 0 Å². The largest absolute Gasteiger partial charge is 0.271 e. The van der Waals surface area contributed by atoms with E-state index in [0.29, 0.717) is 0 Å². The molecule has 0 spiro atoms. The molecule has 1 heterocycles. The van der Waals surface area contributed by atoms with Gasteiger partial charge in [-0.15, -0.1) is 6.58 Å². The van der Waals surface area contributed by atoms with Crippen LogP contribution in [-0.2, 0) is 0 Å². The quantitative estimate of drug-likeness (QED) is 0.433. The summed E-state index contributed by atoms with van der Waals surface area (Å²) < 4.78 is 0. The Morgan fingerprint density at radius 1 is 1.50 bits per heavy atom. The molecule has 1 aromatic rings. The zero-order valence-corrected chi connectivity index (χ0v) is 8.75. The molecule has 0 bridgehead atoms. The van der Waals surface area contributed by atoms with Crippen molar-refractivity contribution in [3.05, 3.63) is 41.7 Å². The fraction of sp³-hybridized carbons (Fsp3) is 0.364. The van der Waals surface area contributed by atoms with Crippen LogP contribution >= 0.6 is 0 Å². The lowest BCUT2D eigenvalue weighted by Gasteiger charge is -2.15. The van der Waals surface area contributed by atoms with Crippen LogP contribution in [-0.4, -0.2) is 4.98 Å². The van der Waals surface area contributed by atoms with Crippen LogP contribution in [0.1, 0.15) is 29.4 Å². The smallest absolute Gasteiger partial charge is 0.0495 e. The van der Waals surface area contributed by atoms with Gasteiger partial charge in [-0.25, -0.2) is 0 Å². The molecule has 3 N–H and O–H groups in total. The third-order valence-corrected chi connectivity index (χ3v) is 2.11. The molecule has 0 saturated heterocycles. The maximum absolute atomic E-state index is 5.47. The summed E-state index contributed by atoms with van der Waals surface area (Å²) in [5.74, 6) is 5.47. The third-order valence-electron chi connectivity index (χ3n) is 2.11. The first-order valence-electron chi connectivity index (χ1n) is 4.69. The third kappa shape index (κ3) is 2.65. The van der Waals surface area contributed by atoms with E-state index in [4.69, 9.17) is 5.84 Å². The molecular formula is C11H17N3. The summed E-state index contributed by atoms with van der Waals surface area (Å²) in [4.78, 5) is 4.32. The summed E-state index contributed by atoms with van der Waals surface area (Å²) in [6.07, 6.45) is 2.68. The van der Waals surface area contributed by atoms with E-state index in [0.717, 1.165) is 23.4 Å². The number of nitrogens with zero attached hydrogens (tertiary/aromatic N) is 1. The van der Waals surface area contributed by atoms with Gasteiger partial charge in [-0.3, -0.25) is 16.3 Å². The number of pyridine rings is 1. The zero-order valence-electron chi connectivity index (χ0n) is 8.75. The minimum absolute atomic E-state index is 0.132. The zero-order chi connectivity index (χ0) is 10.6. The van der Waals surface area contributed by atoms with Crippen LogP contribution in [0.2, 0.25) is 0 Å². The van der Waals surface area contributed by atoms with Crippen molar-refractivity contribution in [3.8, 4) is 0 Å². The molecule has 1 rings (SSSR count). The number of rotatable bonds is 4. The number of aryl methyl sites for hydroxylation is 2. The molecule has 0 fully saturated rings. The fourth-order valence-corrected chi connectivity index (χ4v) is 1.53. The van der Waals surface area contributed by atoms with E-state index in [1.54, 1.807) is 0 Å². The molecule has 1 aromatic heterocycles. The summed E-state index contributed by atoms with van der Waals surface area (Å²) in [7, 11) is 0. The molecule has 14 heavy (non-hydrogen) atoms. The molecule has 3 heteroatoms. The molecule has 0 amide bonds. The molecule has 3 nitrogen and oxygen atoms in total. The van der Waals surface area contributed by atoms with E-state index in [2.05, 4.69) is 17.0 Å². The number of hydrogen-bond acceptors (Lipinski definition) is 3. The van der Waals surface area contributed by atoms with Gasteiger partial charge >= 0.3 is 0 Å². The van der Waals surface area contributed by atoms with Crippen LogP contribution in [0.4, 0.5) is 0 Å².